The zero-order chi connectivity index (χ0) is 18.0. The van der Waals surface area contributed by atoms with Gasteiger partial charge in [0, 0.05) is 11.3 Å². The van der Waals surface area contributed by atoms with Crippen molar-refractivity contribution in [3.05, 3.63) is 59.7 Å². The molecule has 2 aromatic rings. The van der Waals surface area contributed by atoms with Crippen LogP contribution >= 0.6 is 11.8 Å². The molecular formula is C18H12N2O4S. The quantitative estimate of drug-likeness (QED) is 0.850. The minimum Gasteiger partial charge on any atom is -0.478 e. The molecule has 0 unspecified atom stereocenters. The minimum atomic E-state index is -1.09. The third kappa shape index (κ3) is 3.12. The van der Waals surface area contributed by atoms with Crippen molar-refractivity contribution in [2.24, 2.45) is 0 Å². The highest BCUT2D eigenvalue weighted by Crippen LogP contribution is 2.36. The number of para-hydroxylation sites is 1. The van der Waals surface area contributed by atoms with Gasteiger partial charge in [0.1, 0.15) is 6.07 Å². The summed E-state index contributed by atoms with van der Waals surface area (Å²) in [7, 11) is 0. The molecule has 124 valence electrons. The van der Waals surface area contributed by atoms with Crippen molar-refractivity contribution in [1.82, 2.24) is 0 Å². The first-order chi connectivity index (χ1) is 12.0. The number of carbonyl (C=O) groups is 3. The zero-order valence-corrected chi connectivity index (χ0v) is 13.7. The lowest BCUT2D eigenvalue weighted by atomic mass is 10.2. The second-order valence-electron chi connectivity index (χ2n) is 5.31. The van der Waals surface area contributed by atoms with Crippen molar-refractivity contribution in [3.63, 3.8) is 0 Å². The Kier molecular flexibility index (Phi) is 4.55. The van der Waals surface area contributed by atoms with Gasteiger partial charge < -0.3 is 5.11 Å². The molecule has 25 heavy (non-hydrogen) atoms. The number of benzene rings is 2. The van der Waals surface area contributed by atoms with E-state index in [-0.39, 0.29) is 23.2 Å². The molecule has 1 atom stereocenters. The van der Waals surface area contributed by atoms with E-state index >= 15 is 0 Å². The van der Waals surface area contributed by atoms with Crippen LogP contribution in [0.15, 0.2) is 53.4 Å². The number of thioether (sulfide) groups is 1. The van der Waals surface area contributed by atoms with Gasteiger partial charge in [-0.15, -0.1) is 11.8 Å². The van der Waals surface area contributed by atoms with E-state index in [4.69, 9.17) is 0 Å². The van der Waals surface area contributed by atoms with Crippen LogP contribution in [0.3, 0.4) is 0 Å². The van der Waals surface area contributed by atoms with E-state index in [1.165, 1.54) is 12.1 Å². The smallest absolute Gasteiger partial charge is 0.336 e. The Morgan fingerprint density at radius 1 is 1.16 bits per heavy atom. The highest BCUT2D eigenvalue weighted by Gasteiger charge is 2.41. The second kappa shape index (κ2) is 6.79. The molecule has 0 radical (unpaired) electrons. The lowest BCUT2D eigenvalue weighted by molar-refractivity contribution is -0.121. The van der Waals surface area contributed by atoms with E-state index < -0.39 is 23.0 Å². The standard InChI is InChI=1S/C18H12N2O4S/c19-10-11-5-1-3-7-13(11)20-16(21)9-15(17(20)22)25-14-8-4-2-6-12(14)18(23)24/h1-8,15H,9H2,(H,23,24)/t15-/m1/s1. The van der Waals surface area contributed by atoms with Gasteiger partial charge in [0.2, 0.25) is 11.8 Å². The maximum atomic E-state index is 12.7. The molecule has 1 heterocycles. The van der Waals surface area contributed by atoms with Crippen LogP contribution in [-0.2, 0) is 9.59 Å². The molecule has 0 spiro atoms. The number of carboxylic acid groups (broad SMARTS) is 1. The number of nitriles is 1. The topological polar surface area (TPSA) is 98.5 Å². The summed E-state index contributed by atoms with van der Waals surface area (Å²) >= 11 is 1.05. The predicted octanol–water partition coefficient (Wildman–Crippen LogP) is 2.68. The molecule has 1 fully saturated rings. The van der Waals surface area contributed by atoms with Crippen LogP contribution in [0.4, 0.5) is 5.69 Å². The molecule has 1 N–H and O–H groups in total. The van der Waals surface area contributed by atoms with Crippen molar-refractivity contribution in [1.29, 1.82) is 5.26 Å². The molecule has 1 aliphatic heterocycles. The van der Waals surface area contributed by atoms with Crippen LogP contribution in [-0.4, -0.2) is 28.1 Å². The highest BCUT2D eigenvalue weighted by molar-refractivity contribution is 8.00. The first kappa shape index (κ1) is 16.7. The zero-order valence-electron chi connectivity index (χ0n) is 12.9. The van der Waals surface area contributed by atoms with Crippen LogP contribution in [0.5, 0.6) is 0 Å². The summed E-state index contributed by atoms with van der Waals surface area (Å²) in [4.78, 5) is 37.8. The monoisotopic (exact) mass is 352 g/mol. The largest absolute Gasteiger partial charge is 0.478 e. The second-order valence-corrected chi connectivity index (χ2v) is 6.55. The molecule has 0 aromatic heterocycles. The number of hydrogen-bond acceptors (Lipinski definition) is 5. The lowest BCUT2D eigenvalue weighted by Crippen LogP contribution is -2.31. The molecular weight excluding hydrogens is 340 g/mol. The number of carboxylic acids is 1. The van der Waals surface area contributed by atoms with Gasteiger partial charge in [-0.2, -0.15) is 5.26 Å². The Morgan fingerprint density at radius 3 is 2.56 bits per heavy atom. The Morgan fingerprint density at radius 2 is 1.84 bits per heavy atom. The van der Waals surface area contributed by atoms with E-state index in [1.807, 2.05) is 6.07 Å². The molecule has 2 amide bonds. The number of hydrogen-bond donors (Lipinski definition) is 1. The van der Waals surface area contributed by atoms with Gasteiger partial charge in [0.05, 0.1) is 22.1 Å². The summed E-state index contributed by atoms with van der Waals surface area (Å²) in [6, 6.07) is 14.7. The fourth-order valence-electron chi connectivity index (χ4n) is 2.61. The van der Waals surface area contributed by atoms with Crippen molar-refractivity contribution >= 4 is 35.2 Å². The fourth-order valence-corrected chi connectivity index (χ4v) is 3.79. The molecule has 6 nitrogen and oxygen atoms in total. The van der Waals surface area contributed by atoms with Crippen LogP contribution in [0.2, 0.25) is 0 Å². The lowest BCUT2D eigenvalue weighted by Gasteiger charge is -2.16. The number of aromatic carboxylic acids is 1. The van der Waals surface area contributed by atoms with Crippen LogP contribution in [0.1, 0.15) is 22.3 Å². The van der Waals surface area contributed by atoms with Gasteiger partial charge >= 0.3 is 5.97 Å². The average Bonchev–Trinajstić information content (AvgIpc) is 2.88. The van der Waals surface area contributed by atoms with Crippen molar-refractivity contribution in [2.45, 2.75) is 16.6 Å². The maximum absolute atomic E-state index is 12.7. The van der Waals surface area contributed by atoms with Crippen molar-refractivity contribution in [2.75, 3.05) is 4.90 Å². The van der Waals surface area contributed by atoms with Gasteiger partial charge in [-0.25, -0.2) is 9.69 Å². The SMILES string of the molecule is N#Cc1ccccc1N1C(=O)C[C@@H](Sc2ccccc2C(=O)O)C1=O. The Hall–Kier alpha value is -3.11. The van der Waals surface area contributed by atoms with Gasteiger partial charge in [-0.05, 0) is 24.3 Å². The number of nitrogens with zero attached hydrogens (tertiary/aromatic N) is 2. The Bertz CT molecular complexity index is 919. The number of imide groups is 1. The van der Waals surface area contributed by atoms with Crippen molar-refractivity contribution < 1.29 is 19.5 Å². The van der Waals surface area contributed by atoms with E-state index in [0.717, 1.165) is 16.7 Å². The van der Waals surface area contributed by atoms with Crippen LogP contribution < -0.4 is 4.90 Å². The molecule has 7 heteroatoms. The Balaban J connectivity index is 1.90. The van der Waals surface area contributed by atoms with Crippen molar-refractivity contribution in [3.8, 4) is 6.07 Å². The maximum Gasteiger partial charge on any atom is 0.336 e. The van der Waals surface area contributed by atoms with E-state index in [1.54, 1.807) is 36.4 Å². The Labute approximate surface area is 147 Å². The summed E-state index contributed by atoms with van der Waals surface area (Å²) in [6.07, 6.45) is -0.0444. The number of anilines is 1. The van der Waals surface area contributed by atoms with Crippen LogP contribution in [0, 0.1) is 11.3 Å². The summed E-state index contributed by atoms with van der Waals surface area (Å²) in [6.45, 7) is 0. The molecule has 0 bridgehead atoms. The molecule has 0 aliphatic carbocycles. The molecule has 2 aromatic carbocycles. The summed E-state index contributed by atoms with van der Waals surface area (Å²) in [5.74, 6) is -1.94. The van der Waals surface area contributed by atoms with Gasteiger partial charge in [0.25, 0.3) is 0 Å². The first-order valence-electron chi connectivity index (χ1n) is 7.38. The third-order valence-electron chi connectivity index (χ3n) is 3.76. The van der Waals surface area contributed by atoms with E-state index in [2.05, 4.69) is 0 Å². The molecule has 1 aliphatic rings. The van der Waals surface area contributed by atoms with E-state index in [0.29, 0.717) is 4.90 Å². The molecule has 3 rings (SSSR count). The summed E-state index contributed by atoms with van der Waals surface area (Å²) in [5, 5.41) is 17.7. The number of rotatable bonds is 4. The van der Waals surface area contributed by atoms with Gasteiger partial charge in [-0.1, -0.05) is 24.3 Å². The van der Waals surface area contributed by atoms with E-state index in [9.17, 15) is 24.8 Å². The number of amides is 2. The summed E-state index contributed by atoms with van der Waals surface area (Å²) < 4.78 is 0. The minimum absolute atomic E-state index is 0.0444. The predicted molar refractivity (Wildman–Crippen MR) is 91.3 cm³/mol. The number of carbonyl (C=O) groups excluding carboxylic acids is 2. The molecule has 0 saturated carbocycles. The average molecular weight is 352 g/mol. The van der Waals surface area contributed by atoms with Gasteiger partial charge in [0.15, 0.2) is 0 Å². The van der Waals surface area contributed by atoms with Crippen LogP contribution in [0.25, 0.3) is 0 Å². The summed E-state index contributed by atoms with van der Waals surface area (Å²) in [5.41, 5.74) is 0.582. The molecule has 1 saturated heterocycles. The fraction of sp³-hybridized carbons (Fsp3) is 0.111. The first-order valence-corrected chi connectivity index (χ1v) is 8.26. The highest BCUT2D eigenvalue weighted by atomic mass is 32.2. The normalized spacial score (nSPS) is 16.8. The van der Waals surface area contributed by atoms with Gasteiger partial charge in [-0.3, -0.25) is 9.59 Å². The third-order valence-corrected chi connectivity index (χ3v) is 5.02.